The van der Waals surface area contributed by atoms with Crippen LogP contribution in [0.25, 0.3) is 0 Å². The Bertz CT molecular complexity index is 1290. The summed E-state index contributed by atoms with van der Waals surface area (Å²) in [5, 5.41) is 0. The quantitative estimate of drug-likeness (QED) is 0.347. The van der Waals surface area contributed by atoms with Gasteiger partial charge in [0.15, 0.2) is 11.5 Å². The normalized spacial score (nSPS) is 13.8. The molecule has 2 aromatic carbocycles. The fourth-order valence-corrected chi connectivity index (χ4v) is 4.76. The summed E-state index contributed by atoms with van der Waals surface area (Å²) in [6.07, 6.45) is 2.54. The molecule has 0 saturated carbocycles. The number of nitrogens with two attached hydrogens (primary N) is 1. The Morgan fingerprint density at radius 3 is 2.38 bits per heavy atom. The van der Waals surface area contributed by atoms with E-state index in [4.69, 9.17) is 15.2 Å². The molecule has 0 spiro atoms. The molecule has 9 heteroatoms. The lowest BCUT2D eigenvalue weighted by Crippen LogP contribution is -2.38. The van der Waals surface area contributed by atoms with E-state index in [0.717, 1.165) is 17.6 Å². The van der Waals surface area contributed by atoms with Crippen molar-refractivity contribution in [2.75, 3.05) is 31.5 Å². The molecular formula is C25H28N2O6S. The number of methoxy groups -OCH3 is 1. The molecule has 1 heterocycles. The second kappa shape index (κ2) is 10.2. The summed E-state index contributed by atoms with van der Waals surface area (Å²) in [6.45, 7) is 4.13. The van der Waals surface area contributed by atoms with Crippen LogP contribution in [0.1, 0.15) is 64.6 Å². The van der Waals surface area contributed by atoms with Gasteiger partial charge in [-0.15, -0.1) is 0 Å². The van der Waals surface area contributed by atoms with Crippen LogP contribution < -0.4 is 15.2 Å². The zero-order chi connectivity index (χ0) is 25.0. The van der Waals surface area contributed by atoms with Crippen LogP contribution in [0.5, 0.6) is 11.5 Å². The number of carbonyl (C=O) groups excluding carboxylic acids is 2. The molecule has 0 aliphatic carbocycles. The largest absolute Gasteiger partial charge is 0.493 e. The van der Waals surface area contributed by atoms with Gasteiger partial charge in [-0.05, 0) is 43.2 Å². The number of nitrogen functional groups attached to an aromatic ring is 1. The molecule has 3 rings (SSSR count). The molecule has 2 amide bonds. The smallest absolute Gasteiger partial charge is 0.264 e. The molecule has 1 aliphatic rings. The third-order valence-corrected chi connectivity index (χ3v) is 6.27. The molecule has 8 nitrogen and oxygen atoms in total. The number of fused-ring (bicyclic) bond motifs is 1. The van der Waals surface area contributed by atoms with Crippen molar-refractivity contribution in [2.24, 2.45) is 0 Å². The zero-order valence-electron chi connectivity index (χ0n) is 19.7. The Hall–Kier alpha value is -3.51. The minimum absolute atomic E-state index is 0.0466. The monoisotopic (exact) mass is 484 g/mol. The van der Waals surface area contributed by atoms with Crippen LogP contribution >= 0.6 is 0 Å². The van der Waals surface area contributed by atoms with Crippen LogP contribution in [0.3, 0.4) is 0 Å². The van der Waals surface area contributed by atoms with Crippen molar-refractivity contribution in [3.05, 3.63) is 52.6 Å². The molecule has 0 saturated heterocycles. The fraction of sp³-hybridized carbons (Fsp3) is 0.360. The van der Waals surface area contributed by atoms with Gasteiger partial charge >= 0.3 is 0 Å². The number of nitrogens with zero attached hydrogens (tertiary/aromatic N) is 1. The molecule has 0 bridgehead atoms. The van der Waals surface area contributed by atoms with Gasteiger partial charge < -0.3 is 15.2 Å². The topological polar surface area (TPSA) is 116 Å². The van der Waals surface area contributed by atoms with Crippen molar-refractivity contribution in [1.29, 1.82) is 0 Å². The molecule has 1 atom stereocenters. The zero-order valence-corrected chi connectivity index (χ0v) is 20.5. The number of hydrogen-bond acceptors (Lipinski definition) is 7. The van der Waals surface area contributed by atoms with Gasteiger partial charge in [0.1, 0.15) is 9.84 Å². The van der Waals surface area contributed by atoms with E-state index in [-0.39, 0.29) is 16.8 Å². The number of rotatable bonds is 8. The van der Waals surface area contributed by atoms with Crippen LogP contribution in [0, 0.1) is 11.8 Å². The Morgan fingerprint density at radius 1 is 1.06 bits per heavy atom. The van der Waals surface area contributed by atoms with Crippen LogP contribution in [0.4, 0.5) is 5.69 Å². The second-order valence-corrected chi connectivity index (χ2v) is 10.1. The standard InChI is InChI=1S/C25H28N2O6S/c1-5-7-8-9-16-10-12-18(26)23-22(16)24(28)27(25(23)29)19(15-34(4,30)31)17-11-13-20(32-3)21(14-17)33-6-2/h10-14,19H,5-7,15,26H2,1-4H3/t19-/m1/s1. The highest BCUT2D eigenvalue weighted by Crippen LogP contribution is 2.39. The summed E-state index contributed by atoms with van der Waals surface area (Å²) in [4.78, 5) is 28.0. The summed E-state index contributed by atoms with van der Waals surface area (Å²) < 4.78 is 35.6. The van der Waals surface area contributed by atoms with Crippen molar-refractivity contribution in [1.82, 2.24) is 4.90 Å². The number of ether oxygens (including phenoxy) is 2. The molecule has 2 aromatic rings. The lowest BCUT2D eigenvalue weighted by Gasteiger charge is -2.27. The summed E-state index contributed by atoms with van der Waals surface area (Å²) in [6, 6.07) is 6.87. The Balaban J connectivity index is 2.16. The highest BCUT2D eigenvalue weighted by Gasteiger charge is 2.44. The molecule has 180 valence electrons. The molecule has 0 unspecified atom stereocenters. The number of sulfone groups is 1. The van der Waals surface area contributed by atoms with Gasteiger partial charge in [0, 0.05) is 23.9 Å². The Morgan fingerprint density at radius 2 is 1.76 bits per heavy atom. The maximum Gasteiger partial charge on any atom is 0.264 e. The number of carbonyl (C=O) groups is 2. The summed E-state index contributed by atoms with van der Waals surface area (Å²) in [5.41, 5.74) is 7.17. The number of anilines is 1. The molecule has 0 aromatic heterocycles. The second-order valence-electron chi connectivity index (χ2n) is 7.94. The maximum atomic E-state index is 13.6. The molecule has 34 heavy (non-hydrogen) atoms. The molecule has 2 N–H and O–H groups in total. The van der Waals surface area contributed by atoms with Crippen LogP contribution in [0.15, 0.2) is 30.3 Å². The first-order valence-electron chi connectivity index (χ1n) is 10.9. The van der Waals surface area contributed by atoms with Crippen molar-refractivity contribution in [3.8, 4) is 23.3 Å². The first-order valence-corrected chi connectivity index (χ1v) is 13.0. The van der Waals surface area contributed by atoms with E-state index in [2.05, 4.69) is 11.8 Å². The van der Waals surface area contributed by atoms with E-state index in [1.165, 1.54) is 13.2 Å². The van der Waals surface area contributed by atoms with Gasteiger partial charge in [-0.3, -0.25) is 14.5 Å². The first-order chi connectivity index (χ1) is 16.1. The molecule has 1 aliphatic heterocycles. The van der Waals surface area contributed by atoms with Crippen molar-refractivity contribution in [2.45, 2.75) is 32.7 Å². The van der Waals surface area contributed by atoms with Crippen LogP contribution in [0.2, 0.25) is 0 Å². The van der Waals surface area contributed by atoms with E-state index in [9.17, 15) is 18.0 Å². The number of imide groups is 1. The predicted molar refractivity (Wildman–Crippen MR) is 130 cm³/mol. The predicted octanol–water partition coefficient (Wildman–Crippen LogP) is 3.21. The Kier molecular flexibility index (Phi) is 7.52. The summed E-state index contributed by atoms with van der Waals surface area (Å²) in [5.74, 6) is 5.02. The van der Waals surface area contributed by atoms with Gasteiger partial charge in [-0.2, -0.15) is 0 Å². The average Bonchev–Trinajstić information content (AvgIpc) is 3.04. The number of unbranched alkanes of at least 4 members (excludes halogenated alkanes) is 1. The van der Waals surface area contributed by atoms with Gasteiger partial charge in [-0.25, -0.2) is 8.42 Å². The van der Waals surface area contributed by atoms with Crippen LogP contribution in [-0.2, 0) is 9.84 Å². The van der Waals surface area contributed by atoms with E-state index < -0.39 is 33.4 Å². The summed E-state index contributed by atoms with van der Waals surface area (Å²) in [7, 11) is -2.11. The van der Waals surface area contributed by atoms with Crippen molar-refractivity contribution >= 4 is 27.3 Å². The molecule has 0 fully saturated rings. The minimum Gasteiger partial charge on any atom is -0.493 e. The fourth-order valence-electron chi connectivity index (χ4n) is 3.85. The summed E-state index contributed by atoms with van der Waals surface area (Å²) >= 11 is 0. The van der Waals surface area contributed by atoms with E-state index >= 15 is 0 Å². The molecular weight excluding hydrogens is 456 g/mol. The third kappa shape index (κ3) is 5.02. The van der Waals surface area contributed by atoms with Gasteiger partial charge in [0.2, 0.25) is 0 Å². The number of amides is 2. The van der Waals surface area contributed by atoms with Gasteiger partial charge in [0.25, 0.3) is 11.8 Å². The lowest BCUT2D eigenvalue weighted by molar-refractivity contribution is 0.0597. The maximum absolute atomic E-state index is 13.6. The average molecular weight is 485 g/mol. The number of benzene rings is 2. The highest BCUT2D eigenvalue weighted by molar-refractivity contribution is 7.90. The van der Waals surface area contributed by atoms with E-state index in [1.54, 1.807) is 31.2 Å². The van der Waals surface area contributed by atoms with Gasteiger partial charge in [-0.1, -0.05) is 24.8 Å². The number of hydrogen-bond donors (Lipinski definition) is 1. The van der Waals surface area contributed by atoms with Crippen molar-refractivity contribution in [3.63, 3.8) is 0 Å². The van der Waals surface area contributed by atoms with Gasteiger partial charge in [0.05, 0.1) is 36.6 Å². The third-order valence-electron chi connectivity index (χ3n) is 5.35. The first kappa shape index (κ1) is 25.1. The Labute approximate surface area is 200 Å². The van der Waals surface area contributed by atoms with Crippen molar-refractivity contribution < 1.29 is 27.5 Å². The van der Waals surface area contributed by atoms with E-state index in [1.807, 2.05) is 6.92 Å². The highest BCUT2D eigenvalue weighted by atomic mass is 32.2. The SMILES string of the molecule is CCCC#Cc1ccc(N)c2c1C(=O)N([C@H](CS(C)(=O)=O)c1ccc(OC)c(OCC)c1)C2=O. The van der Waals surface area contributed by atoms with Crippen LogP contribution in [-0.4, -0.2) is 50.9 Å². The minimum atomic E-state index is -3.60. The lowest BCUT2D eigenvalue weighted by atomic mass is 10.0. The molecule has 0 radical (unpaired) electrons. The van der Waals surface area contributed by atoms with E-state index in [0.29, 0.717) is 35.7 Å².